The molecule has 0 amide bonds. The third kappa shape index (κ3) is 7.35. The van der Waals surface area contributed by atoms with Gasteiger partial charge in [-0.3, -0.25) is 0 Å². The van der Waals surface area contributed by atoms with E-state index < -0.39 is 143 Å². The van der Waals surface area contributed by atoms with Gasteiger partial charge < -0.3 is 100 Å². The van der Waals surface area contributed by atoms with Crippen LogP contribution in [0.15, 0.2) is 11.6 Å². The van der Waals surface area contributed by atoms with Crippen LogP contribution in [0.4, 0.5) is 0 Å². The van der Waals surface area contributed by atoms with Crippen molar-refractivity contribution in [3.63, 3.8) is 0 Å². The largest absolute Gasteiger partial charge is 0.394 e. The summed E-state index contributed by atoms with van der Waals surface area (Å²) >= 11 is 0. The van der Waals surface area contributed by atoms with Crippen molar-refractivity contribution < 1.29 is 95.2 Å². The van der Waals surface area contributed by atoms with Gasteiger partial charge in [0.2, 0.25) is 0 Å². The number of hydrogen-bond acceptors (Lipinski definition) is 20. The van der Waals surface area contributed by atoms with Crippen molar-refractivity contribution in [2.75, 3.05) is 26.4 Å². The fourth-order valence-corrected chi connectivity index (χ4v) is 5.85. The quantitative estimate of drug-likeness (QED) is 0.0966. The molecule has 3 aliphatic heterocycles. The number of aliphatic hydroxyl groups is 14. The van der Waals surface area contributed by atoms with Gasteiger partial charge in [-0.15, -0.1) is 0 Å². The van der Waals surface area contributed by atoms with E-state index in [1.54, 1.807) is 0 Å². The minimum Gasteiger partial charge on any atom is -0.394 e. The van der Waals surface area contributed by atoms with Crippen molar-refractivity contribution in [3.8, 4) is 0 Å². The van der Waals surface area contributed by atoms with Crippen LogP contribution in [0.5, 0.6) is 0 Å². The van der Waals surface area contributed by atoms with Gasteiger partial charge in [0, 0.05) is 0 Å². The van der Waals surface area contributed by atoms with Gasteiger partial charge in [-0.25, -0.2) is 0 Å². The van der Waals surface area contributed by atoms with Crippen LogP contribution >= 0.6 is 0 Å². The van der Waals surface area contributed by atoms with Crippen LogP contribution in [0.3, 0.4) is 0 Å². The van der Waals surface area contributed by atoms with E-state index in [1.807, 2.05) is 0 Å². The molecule has 0 spiro atoms. The van der Waals surface area contributed by atoms with E-state index in [0.29, 0.717) is 0 Å². The molecule has 3 fully saturated rings. The maximum atomic E-state index is 10.9. The first-order valence-corrected chi connectivity index (χ1v) is 14.3. The monoisotopic (exact) mass is 661 g/mol. The van der Waals surface area contributed by atoms with Crippen molar-refractivity contribution >= 4 is 0 Å². The molecule has 19 atom stereocenters. The molecule has 0 bridgehead atoms. The molecular formula is C25H43NO19. The molecule has 262 valence electrons. The lowest BCUT2D eigenvalue weighted by molar-refractivity contribution is -0.374. The average Bonchev–Trinajstić information content (AvgIpc) is 3.03. The smallest absolute Gasteiger partial charge is 0.187 e. The van der Waals surface area contributed by atoms with E-state index in [-0.39, 0.29) is 5.57 Å². The molecule has 3 saturated heterocycles. The maximum absolute atomic E-state index is 10.9. The zero-order chi connectivity index (χ0) is 33.3. The van der Waals surface area contributed by atoms with Gasteiger partial charge in [-0.05, 0) is 5.57 Å². The van der Waals surface area contributed by atoms with Gasteiger partial charge in [0.15, 0.2) is 18.9 Å². The number of ether oxygens (including phenoxy) is 5. The summed E-state index contributed by atoms with van der Waals surface area (Å²) in [6, 6.07) is -2.51. The summed E-state index contributed by atoms with van der Waals surface area (Å²) in [6.45, 7) is -3.13. The Kier molecular flexibility index (Phi) is 12.6. The number of aliphatic hydroxyl groups excluding tert-OH is 14. The summed E-state index contributed by atoms with van der Waals surface area (Å²) in [4.78, 5) is 0. The Hall–Kier alpha value is -1.06. The predicted octanol–water partition coefficient (Wildman–Crippen LogP) is -9.59. The van der Waals surface area contributed by atoms with Crippen LogP contribution in [0.25, 0.3) is 0 Å². The normalized spacial score (nSPS) is 51.2. The van der Waals surface area contributed by atoms with Gasteiger partial charge in [0.1, 0.15) is 85.5 Å². The molecular weight excluding hydrogens is 618 g/mol. The highest BCUT2D eigenvalue weighted by Gasteiger charge is 2.54. The Bertz CT molecular complexity index is 973. The molecule has 3 heterocycles. The number of hydrogen-bond donors (Lipinski definition) is 15. The Morgan fingerprint density at radius 1 is 0.556 bits per heavy atom. The van der Waals surface area contributed by atoms with Gasteiger partial charge in [0.05, 0.1) is 38.5 Å². The van der Waals surface area contributed by atoms with Gasteiger partial charge in [-0.1, -0.05) is 6.08 Å². The Morgan fingerprint density at radius 2 is 1.04 bits per heavy atom. The van der Waals surface area contributed by atoms with Crippen LogP contribution < -0.4 is 5.32 Å². The summed E-state index contributed by atoms with van der Waals surface area (Å²) in [6.07, 6.45) is -28.1. The molecule has 45 heavy (non-hydrogen) atoms. The van der Waals surface area contributed by atoms with Crippen molar-refractivity contribution in [2.45, 2.75) is 116 Å². The predicted molar refractivity (Wildman–Crippen MR) is 139 cm³/mol. The highest BCUT2D eigenvalue weighted by molar-refractivity contribution is 5.22. The lowest BCUT2D eigenvalue weighted by Crippen LogP contribution is -2.69. The van der Waals surface area contributed by atoms with Crippen molar-refractivity contribution in [3.05, 3.63) is 11.6 Å². The van der Waals surface area contributed by atoms with Gasteiger partial charge in [-0.2, -0.15) is 0 Å². The fourth-order valence-electron chi connectivity index (χ4n) is 5.85. The molecule has 0 aromatic rings. The van der Waals surface area contributed by atoms with Crippen LogP contribution in [0, 0.1) is 0 Å². The molecule has 0 saturated carbocycles. The van der Waals surface area contributed by atoms with Crippen molar-refractivity contribution in [1.82, 2.24) is 5.32 Å². The van der Waals surface area contributed by atoms with Crippen molar-refractivity contribution in [1.29, 1.82) is 0 Å². The molecule has 20 nitrogen and oxygen atoms in total. The maximum Gasteiger partial charge on any atom is 0.187 e. The van der Waals surface area contributed by atoms with Gasteiger partial charge in [0.25, 0.3) is 0 Å². The molecule has 4 rings (SSSR count). The highest BCUT2D eigenvalue weighted by atomic mass is 16.7. The average molecular weight is 662 g/mol. The summed E-state index contributed by atoms with van der Waals surface area (Å²) in [5.74, 6) is 0. The summed E-state index contributed by atoms with van der Waals surface area (Å²) in [5.41, 5.74) is -0.0350. The Labute approximate surface area is 255 Å². The van der Waals surface area contributed by atoms with Crippen LogP contribution in [-0.4, -0.2) is 214 Å². The van der Waals surface area contributed by atoms with Crippen LogP contribution in [0.1, 0.15) is 0 Å². The summed E-state index contributed by atoms with van der Waals surface area (Å²) in [7, 11) is 0. The third-order valence-electron chi connectivity index (χ3n) is 8.51. The van der Waals surface area contributed by atoms with E-state index >= 15 is 0 Å². The van der Waals surface area contributed by atoms with E-state index in [1.165, 1.54) is 6.08 Å². The lowest BCUT2D eigenvalue weighted by atomic mass is 9.86. The molecule has 1 aliphatic carbocycles. The molecule has 1 unspecified atom stereocenters. The van der Waals surface area contributed by atoms with Crippen LogP contribution in [-0.2, 0) is 23.7 Å². The first kappa shape index (κ1) is 36.8. The second kappa shape index (κ2) is 15.4. The van der Waals surface area contributed by atoms with E-state index in [0.717, 1.165) is 0 Å². The molecule has 0 aromatic heterocycles. The highest BCUT2D eigenvalue weighted by Crippen LogP contribution is 2.32. The Balaban J connectivity index is 1.45. The zero-order valence-electron chi connectivity index (χ0n) is 23.7. The Morgan fingerprint density at radius 3 is 1.58 bits per heavy atom. The summed E-state index contributed by atoms with van der Waals surface area (Å²) in [5, 5.41) is 146. The standard InChI is InChI=1S/C25H43NO19/c27-2-6-1-7(13(32)15(34)12(6)31)26-11-8(3-28)42-24(19(38)14(11)33)45-22-10(5-30)43-25(20(39)17(22)36)44-21-9(4-29)41-23(40)18(37)16(21)35/h1,7-40H,2-5H2/t7-,8+,9+,10+,11+,12+,13-,14+,15+,16-,17-,18+,19+,20+,21+,22?,23+,24+,25+/m0/s1. The first-order valence-electron chi connectivity index (χ1n) is 14.3. The third-order valence-corrected chi connectivity index (χ3v) is 8.51. The summed E-state index contributed by atoms with van der Waals surface area (Å²) < 4.78 is 27.2. The van der Waals surface area contributed by atoms with E-state index in [9.17, 15) is 71.5 Å². The van der Waals surface area contributed by atoms with Crippen molar-refractivity contribution in [2.24, 2.45) is 0 Å². The minimum atomic E-state index is -1.98. The fraction of sp³-hybridized carbons (Fsp3) is 0.920. The molecule has 15 N–H and O–H groups in total. The number of rotatable bonds is 10. The lowest BCUT2D eigenvalue weighted by Gasteiger charge is -2.49. The molecule has 0 aromatic carbocycles. The molecule has 4 aliphatic rings. The second-order valence-electron chi connectivity index (χ2n) is 11.4. The van der Waals surface area contributed by atoms with E-state index in [2.05, 4.69) is 5.32 Å². The molecule has 0 radical (unpaired) electrons. The first-order chi connectivity index (χ1) is 21.3. The van der Waals surface area contributed by atoms with E-state index in [4.69, 9.17) is 23.7 Å². The topological polar surface area (TPSA) is 341 Å². The van der Waals surface area contributed by atoms with Crippen LogP contribution in [0.2, 0.25) is 0 Å². The zero-order valence-corrected chi connectivity index (χ0v) is 23.7. The number of nitrogens with one attached hydrogen (secondary N) is 1. The second-order valence-corrected chi connectivity index (χ2v) is 11.4. The molecule has 20 heteroatoms. The van der Waals surface area contributed by atoms with Gasteiger partial charge >= 0.3 is 0 Å². The SMILES string of the molecule is OCC1=C[C@H](N[C@H]2[C@@H](O)[C@@H](O)[C@@H](OC3[C@@H](O)[C@@H](O)[C@@H](O[C@H]4[C@@H](O)[C@@H](O)[C@H](O)O[C@@H]4CO)O[C@@H]3CO)O[C@@H]2CO)[C@H](O)[C@H](O)[C@@H]1O. The minimum absolute atomic E-state index is 0.0350.